The number of benzene rings is 1. The van der Waals surface area contributed by atoms with Crippen LogP contribution in [-0.4, -0.2) is 17.5 Å². The van der Waals surface area contributed by atoms with Gasteiger partial charge in [-0.3, -0.25) is 0 Å². The van der Waals surface area contributed by atoms with Gasteiger partial charge in [0.25, 0.3) is 0 Å². The Morgan fingerprint density at radius 3 is 3.06 bits per heavy atom. The predicted molar refractivity (Wildman–Crippen MR) is 68.5 cm³/mol. The third-order valence-electron chi connectivity index (χ3n) is 3.06. The van der Waals surface area contributed by atoms with Crippen molar-refractivity contribution in [3.8, 4) is 0 Å². The van der Waals surface area contributed by atoms with Crippen molar-refractivity contribution in [2.75, 3.05) is 11.5 Å². The molecule has 4 heteroatoms. The lowest BCUT2D eigenvalue weighted by atomic mass is 9.94. The van der Waals surface area contributed by atoms with Crippen molar-refractivity contribution >= 4 is 23.4 Å². The first-order chi connectivity index (χ1) is 7.68. The zero-order chi connectivity index (χ0) is 11.5. The molecular weight excluding hydrogens is 245 g/mol. The van der Waals surface area contributed by atoms with Crippen LogP contribution in [0.3, 0.4) is 0 Å². The number of hydrogen-bond donors (Lipinski definition) is 1. The summed E-state index contributed by atoms with van der Waals surface area (Å²) in [7, 11) is 0. The first-order valence-corrected chi connectivity index (χ1v) is 6.98. The first-order valence-electron chi connectivity index (χ1n) is 5.44. The second-order valence-corrected chi connectivity index (χ2v) is 5.76. The van der Waals surface area contributed by atoms with Crippen molar-refractivity contribution in [2.45, 2.75) is 18.9 Å². The van der Waals surface area contributed by atoms with Gasteiger partial charge in [-0.2, -0.15) is 11.8 Å². The van der Waals surface area contributed by atoms with E-state index in [0.717, 1.165) is 12.2 Å². The molecule has 0 amide bonds. The molecule has 1 aliphatic rings. The van der Waals surface area contributed by atoms with Gasteiger partial charge in [0.15, 0.2) is 0 Å². The Morgan fingerprint density at radius 2 is 2.38 bits per heavy atom. The van der Waals surface area contributed by atoms with E-state index >= 15 is 0 Å². The summed E-state index contributed by atoms with van der Waals surface area (Å²) in [5.74, 6) is 2.48. The van der Waals surface area contributed by atoms with E-state index in [1.807, 2.05) is 11.8 Å². The lowest BCUT2D eigenvalue weighted by molar-refractivity contribution is 0.455. The fourth-order valence-electron chi connectivity index (χ4n) is 2.02. The molecule has 1 aromatic rings. The van der Waals surface area contributed by atoms with Gasteiger partial charge >= 0.3 is 0 Å². The summed E-state index contributed by atoms with van der Waals surface area (Å²) in [5.41, 5.74) is 6.74. The van der Waals surface area contributed by atoms with E-state index in [9.17, 15) is 4.39 Å². The van der Waals surface area contributed by atoms with Crippen molar-refractivity contribution in [1.82, 2.24) is 0 Å². The van der Waals surface area contributed by atoms with Crippen LogP contribution < -0.4 is 5.73 Å². The van der Waals surface area contributed by atoms with Gasteiger partial charge in [-0.15, -0.1) is 0 Å². The molecule has 2 atom stereocenters. The fraction of sp³-hybridized carbons (Fsp3) is 0.500. The Balaban J connectivity index is 2.05. The van der Waals surface area contributed by atoms with Gasteiger partial charge in [-0.1, -0.05) is 23.7 Å². The molecule has 0 saturated carbocycles. The minimum absolute atomic E-state index is 0.0444. The Bertz CT molecular complexity index is 366. The van der Waals surface area contributed by atoms with E-state index < -0.39 is 0 Å². The van der Waals surface area contributed by atoms with Crippen LogP contribution in [0.1, 0.15) is 12.0 Å². The summed E-state index contributed by atoms with van der Waals surface area (Å²) in [4.78, 5) is 0. The van der Waals surface area contributed by atoms with Crippen molar-refractivity contribution in [3.63, 3.8) is 0 Å². The van der Waals surface area contributed by atoms with Crippen molar-refractivity contribution in [3.05, 3.63) is 34.6 Å². The molecule has 1 fully saturated rings. The van der Waals surface area contributed by atoms with Crippen LogP contribution in [-0.2, 0) is 6.42 Å². The Kier molecular flexibility index (Phi) is 4.11. The number of halogens is 2. The van der Waals surface area contributed by atoms with Crippen LogP contribution in [0.25, 0.3) is 0 Å². The highest BCUT2D eigenvalue weighted by Crippen LogP contribution is 2.28. The van der Waals surface area contributed by atoms with Crippen LogP contribution in [0.5, 0.6) is 0 Å². The maximum absolute atomic E-state index is 13.7. The number of rotatable bonds is 3. The zero-order valence-electron chi connectivity index (χ0n) is 8.96. The molecule has 2 N–H and O–H groups in total. The van der Waals surface area contributed by atoms with Crippen LogP contribution in [0.15, 0.2) is 18.2 Å². The Morgan fingerprint density at radius 1 is 1.56 bits per heavy atom. The molecule has 0 bridgehead atoms. The van der Waals surface area contributed by atoms with E-state index in [4.69, 9.17) is 17.3 Å². The van der Waals surface area contributed by atoms with Crippen molar-refractivity contribution < 1.29 is 4.39 Å². The highest BCUT2D eigenvalue weighted by atomic mass is 35.5. The Labute approximate surface area is 105 Å². The van der Waals surface area contributed by atoms with E-state index in [-0.39, 0.29) is 16.9 Å². The molecule has 0 aliphatic carbocycles. The summed E-state index contributed by atoms with van der Waals surface area (Å²) >= 11 is 7.67. The van der Waals surface area contributed by atoms with Crippen LogP contribution in [0, 0.1) is 11.7 Å². The first kappa shape index (κ1) is 12.2. The minimum Gasteiger partial charge on any atom is -0.327 e. The normalized spacial score (nSPS) is 22.3. The zero-order valence-corrected chi connectivity index (χ0v) is 10.5. The number of thioether (sulfide) groups is 1. The van der Waals surface area contributed by atoms with E-state index in [1.165, 1.54) is 5.75 Å². The van der Waals surface area contributed by atoms with Gasteiger partial charge in [0, 0.05) is 6.04 Å². The lowest BCUT2D eigenvalue weighted by Crippen LogP contribution is -2.32. The second-order valence-electron chi connectivity index (χ2n) is 4.20. The summed E-state index contributed by atoms with van der Waals surface area (Å²) in [5, 5.41) is 0.186. The van der Waals surface area contributed by atoms with Crippen LogP contribution >= 0.6 is 23.4 Å². The van der Waals surface area contributed by atoms with Gasteiger partial charge in [0.05, 0.1) is 5.02 Å². The van der Waals surface area contributed by atoms with Crippen LogP contribution in [0.4, 0.5) is 4.39 Å². The largest absolute Gasteiger partial charge is 0.327 e. The third kappa shape index (κ3) is 2.70. The molecule has 2 unspecified atom stereocenters. The predicted octanol–water partition coefficient (Wildman–Crippen LogP) is 3.10. The molecule has 1 saturated heterocycles. The van der Waals surface area contributed by atoms with Gasteiger partial charge in [-0.25, -0.2) is 4.39 Å². The molecule has 1 aliphatic heterocycles. The smallest absolute Gasteiger partial charge is 0.145 e. The molecule has 1 nitrogen and oxygen atoms in total. The quantitative estimate of drug-likeness (QED) is 0.903. The molecule has 0 radical (unpaired) electrons. The average molecular weight is 260 g/mol. The second kappa shape index (κ2) is 5.39. The van der Waals surface area contributed by atoms with Gasteiger partial charge < -0.3 is 5.73 Å². The molecule has 0 aromatic heterocycles. The maximum Gasteiger partial charge on any atom is 0.145 e. The summed E-state index contributed by atoms with van der Waals surface area (Å²) in [6, 6.07) is 5.15. The summed E-state index contributed by atoms with van der Waals surface area (Å²) < 4.78 is 13.7. The third-order valence-corrected chi connectivity index (χ3v) is 4.54. The highest BCUT2D eigenvalue weighted by molar-refractivity contribution is 7.99. The van der Waals surface area contributed by atoms with Gasteiger partial charge in [-0.05, 0) is 41.9 Å². The van der Waals surface area contributed by atoms with E-state index in [2.05, 4.69) is 0 Å². The minimum atomic E-state index is -0.315. The Hall–Kier alpha value is -0.250. The number of hydrogen-bond acceptors (Lipinski definition) is 2. The van der Waals surface area contributed by atoms with Gasteiger partial charge in [0.1, 0.15) is 5.82 Å². The molecule has 1 heterocycles. The standard InChI is InChI=1S/C12H15ClFNS/c13-10-3-1-2-8(12(10)14)6-11(15)9-4-5-16-7-9/h1-3,9,11H,4-7,15H2. The monoisotopic (exact) mass is 259 g/mol. The molecule has 2 rings (SSSR count). The van der Waals surface area contributed by atoms with Crippen molar-refractivity contribution in [1.29, 1.82) is 0 Å². The van der Waals surface area contributed by atoms with E-state index in [0.29, 0.717) is 17.9 Å². The SMILES string of the molecule is NC(Cc1cccc(Cl)c1F)C1CCSC1. The van der Waals surface area contributed by atoms with Crippen LogP contribution in [0.2, 0.25) is 5.02 Å². The highest BCUT2D eigenvalue weighted by Gasteiger charge is 2.23. The molecule has 0 spiro atoms. The lowest BCUT2D eigenvalue weighted by Gasteiger charge is -2.18. The molecule has 88 valence electrons. The molecule has 1 aromatic carbocycles. The molecule has 16 heavy (non-hydrogen) atoms. The number of nitrogens with two attached hydrogens (primary N) is 1. The topological polar surface area (TPSA) is 26.0 Å². The van der Waals surface area contributed by atoms with Crippen molar-refractivity contribution in [2.24, 2.45) is 11.7 Å². The summed E-state index contributed by atoms with van der Waals surface area (Å²) in [6.07, 6.45) is 1.73. The summed E-state index contributed by atoms with van der Waals surface area (Å²) in [6.45, 7) is 0. The van der Waals surface area contributed by atoms with Gasteiger partial charge in [0.2, 0.25) is 0 Å². The fourth-order valence-corrected chi connectivity index (χ4v) is 3.56. The van der Waals surface area contributed by atoms with E-state index in [1.54, 1.807) is 18.2 Å². The maximum atomic E-state index is 13.7. The molecular formula is C12H15ClFNS. The average Bonchev–Trinajstić information content (AvgIpc) is 2.78.